The van der Waals surface area contributed by atoms with Crippen LogP contribution in [-0.2, 0) is 76.1 Å². The summed E-state index contributed by atoms with van der Waals surface area (Å²) in [6.45, 7) is 17.3. The zero-order chi connectivity index (χ0) is 49.9. The molecule has 14 atom stereocenters. The van der Waals surface area contributed by atoms with Crippen LogP contribution < -0.4 is 0 Å². The Balaban J connectivity index is 1.35. The van der Waals surface area contributed by atoms with Crippen LogP contribution in [-0.4, -0.2) is 130 Å². The molecule has 1 aliphatic heterocycles. The van der Waals surface area contributed by atoms with E-state index in [4.69, 9.17) is 37.9 Å². The average molecular weight is 951 g/mol. The second kappa shape index (κ2) is 18.9. The van der Waals surface area contributed by atoms with E-state index >= 15 is 0 Å². The number of allylic oxidation sites excluding steroid dienone is 2. The Hall–Kier alpha value is -3.68. The van der Waals surface area contributed by atoms with Crippen molar-refractivity contribution in [3.63, 3.8) is 0 Å². The number of carbonyl (C=O) groups excluding carboxylic acids is 6. The molecule has 378 valence electrons. The second-order valence-electron chi connectivity index (χ2n) is 22.0. The van der Waals surface area contributed by atoms with Crippen LogP contribution in [0.3, 0.4) is 0 Å². The highest BCUT2D eigenvalue weighted by molar-refractivity contribution is 5.79. The van der Waals surface area contributed by atoms with Crippen molar-refractivity contribution in [2.24, 2.45) is 50.2 Å². The Kier molecular flexibility index (Phi) is 14.9. The molecule has 18 nitrogen and oxygen atoms in total. The van der Waals surface area contributed by atoms with Crippen LogP contribution in [0, 0.1) is 50.2 Å². The van der Waals surface area contributed by atoms with E-state index in [1.165, 1.54) is 12.7 Å². The molecule has 1 unspecified atom stereocenters. The molecular weight excluding hydrogens is 877 g/mol. The van der Waals surface area contributed by atoms with Crippen molar-refractivity contribution in [1.29, 1.82) is 0 Å². The number of carbonyl (C=O) groups is 6. The smallest absolute Gasteiger partial charge is 0.371 e. The predicted molar refractivity (Wildman–Crippen MR) is 234 cm³/mol. The Labute approximate surface area is 393 Å². The molecule has 0 bridgehead atoms. The number of esters is 6. The van der Waals surface area contributed by atoms with Crippen molar-refractivity contribution in [2.45, 2.75) is 175 Å². The van der Waals surface area contributed by atoms with Crippen LogP contribution in [0.2, 0.25) is 0 Å². The van der Waals surface area contributed by atoms with Gasteiger partial charge in [-0.3, -0.25) is 14.4 Å². The third-order valence-corrected chi connectivity index (χ3v) is 17.7. The molecule has 6 aliphatic rings. The fourth-order valence-electron chi connectivity index (χ4n) is 14.1. The van der Waals surface area contributed by atoms with Gasteiger partial charge in [0, 0.05) is 13.8 Å². The summed E-state index contributed by atoms with van der Waals surface area (Å²) in [5.74, 6) is -8.81. The first kappa shape index (κ1) is 52.7. The van der Waals surface area contributed by atoms with E-state index in [0.717, 1.165) is 93.0 Å². The fraction of sp³-hybridized carbons (Fsp3) is 0.837. The highest BCUT2D eigenvalue weighted by atomic mass is 16.8. The summed E-state index contributed by atoms with van der Waals surface area (Å²) < 4.78 is 55.6. The Morgan fingerprint density at radius 3 is 2.00 bits per heavy atom. The van der Waals surface area contributed by atoms with Crippen molar-refractivity contribution in [3.05, 3.63) is 11.6 Å². The molecule has 1 heterocycles. The summed E-state index contributed by atoms with van der Waals surface area (Å²) in [4.78, 5) is 77.8. The zero-order valence-corrected chi connectivity index (χ0v) is 41.6. The molecule has 4 saturated carbocycles. The number of rotatable bonds is 13. The molecule has 0 aromatic rings. The number of aliphatic hydroxyl groups is 2. The molecule has 0 spiro atoms. The van der Waals surface area contributed by atoms with E-state index < -0.39 is 96.2 Å². The Morgan fingerprint density at radius 1 is 0.761 bits per heavy atom. The first-order chi connectivity index (χ1) is 31.1. The lowest BCUT2D eigenvalue weighted by Crippen LogP contribution is -2.68. The topological polar surface area (TPSA) is 235 Å². The van der Waals surface area contributed by atoms with Gasteiger partial charge < -0.3 is 57.6 Å². The lowest BCUT2D eigenvalue weighted by molar-refractivity contribution is -0.370. The lowest BCUT2D eigenvalue weighted by atomic mass is 9.33. The van der Waals surface area contributed by atoms with E-state index in [0.29, 0.717) is 6.42 Å². The van der Waals surface area contributed by atoms with Crippen LogP contribution in [0.5, 0.6) is 0 Å². The van der Waals surface area contributed by atoms with Crippen molar-refractivity contribution in [1.82, 2.24) is 0 Å². The molecule has 0 radical (unpaired) electrons. The Morgan fingerprint density at radius 2 is 1.40 bits per heavy atom. The van der Waals surface area contributed by atoms with E-state index in [1.54, 1.807) is 0 Å². The minimum absolute atomic E-state index is 0.0851. The SMILES string of the molecule is COC(=O)CO[C@@H](O[C@@H]1[C@@H](OC(C)=O)[C@H](O[C@H]2CC[C@@]3(C)C(CC[C@]4(C)[C@@H]3CC=C3[C@@H]5CC(C)(C)CC[C@]5(C(=O)OC)CC[C@]34C)C2(C)C)O[C@H](C(=O)OC)[C@H]1OC(C)=O)C(O)(O)C(=O)OC. The van der Waals surface area contributed by atoms with E-state index in [1.807, 2.05) is 0 Å². The third kappa shape index (κ3) is 9.05. The molecule has 6 rings (SSSR count). The maximum absolute atomic E-state index is 13.8. The van der Waals surface area contributed by atoms with Gasteiger partial charge in [-0.15, -0.1) is 0 Å². The van der Waals surface area contributed by atoms with Crippen molar-refractivity contribution >= 4 is 35.8 Å². The summed E-state index contributed by atoms with van der Waals surface area (Å²) in [6, 6.07) is 0. The van der Waals surface area contributed by atoms with Gasteiger partial charge in [-0.05, 0) is 109 Å². The molecule has 18 heteroatoms. The molecule has 5 aliphatic carbocycles. The van der Waals surface area contributed by atoms with Crippen LogP contribution in [0.4, 0.5) is 0 Å². The van der Waals surface area contributed by atoms with Crippen LogP contribution in [0.25, 0.3) is 0 Å². The van der Waals surface area contributed by atoms with Crippen molar-refractivity contribution in [3.8, 4) is 0 Å². The molecule has 2 N–H and O–H groups in total. The van der Waals surface area contributed by atoms with Gasteiger partial charge >= 0.3 is 41.6 Å². The zero-order valence-electron chi connectivity index (χ0n) is 41.6. The van der Waals surface area contributed by atoms with Crippen LogP contribution in [0.1, 0.15) is 127 Å². The van der Waals surface area contributed by atoms with Crippen molar-refractivity contribution in [2.75, 3.05) is 35.0 Å². The number of hydrogen-bond donors (Lipinski definition) is 2. The second-order valence-corrected chi connectivity index (χ2v) is 22.0. The molecule has 0 amide bonds. The largest absolute Gasteiger partial charge is 0.469 e. The van der Waals surface area contributed by atoms with Gasteiger partial charge in [-0.1, -0.05) is 60.1 Å². The third-order valence-electron chi connectivity index (χ3n) is 17.7. The first-order valence-electron chi connectivity index (χ1n) is 23.5. The van der Waals surface area contributed by atoms with Crippen LogP contribution in [0.15, 0.2) is 11.6 Å². The maximum Gasteiger partial charge on any atom is 0.371 e. The predicted octanol–water partition coefficient (Wildman–Crippen LogP) is 4.86. The van der Waals surface area contributed by atoms with Crippen LogP contribution >= 0.6 is 0 Å². The first-order valence-corrected chi connectivity index (χ1v) is 23.5. The molecular formula is C49H74O18. The molecule has 5 fully saturated rings. The number of hydrogen-bond acceptors (Lipinski definition) is 18. The summed E-state index contributed by atoms with van der Waals surface area (Å²) in [5, 5.41) is 22.1. The van der Waals surface area contributed by atoms with Gasteiger partial charge in [0.05, 0.1) is 40.0 Å². The highest BCUT2D eigenvalue weighted by Crippen LogP contribution is 2.76. The number of fused-ring (bicyclic) bond motifs is 7. The van der Waals surface area contributed by atoms with Gasteiger partial charge in [0.25, 0.3) is 0 Å². The Bertz CT molecular complexity index is 1960. The maximum atomic E-state index is 13.8. The van der Waals surface area contributed by atoms with Gasteiger partial charge in [0.15, 0.2) is 24.6 Å². The average Bonchev–Trinajstić information content (AvgIpc) is 3.25. The number of ether oxygens (including phenoxy) is 10. The molecule has 0 aromatic heterocycles. The van der Waals surface area contributed by atoms with E-state index in [2.05, 4.69) is 64.0 Å². The monoisotopic (exact) mass is 950 g/mol. The van der Waals surface area contributed by atoms with Gasteiger partial charge in [-0.2, -0.15) is 0 Å². The van der Waals surface area contributed by atoms with Gasteiger partial charge in [-0.25, -0.2) is 14.4 Å². The lowest BCUT2D eigenvalue weighted by Gasteiger charge is -2.71. The number of methoxy groups -OCH3 is 4. The van der Waals surface area contributed by atoms with E-state index in [-0.39, 0.29) is 45.4 Å². The molecule has 1 saturated heterocycles. The summed E-state index contributed by atoms with van der Waals surface area (Å²) >= 11 is 0. The minimum Gasteiger partial charge on any atom is -0.469 e. The minimum atomic E-state index is -3.63. The summed E-state index contributed by atoms with van der Waals surface area (Å²) in [5.41, 5.74) is 0.0264. The van der Waals surface area contributed by atoms with E-state index in [9.17, 15) is 39.0 Å². The summed E-state index contributed by atoms with van der Waals surface area (Å²) in [6.07, 6.45) is -1.22. The van der Waals surface area contributed by atoms with Gasteiger partial charge in [0.1, 0.15) is 12.7 Å². The fourth-order valence-corrected chi connectivity index (χ4v) is 14.1. The summed E-state index contributed by atoms with van der Waals surface area (Å²) in [7, 11) is 4.47. The molecule has 67 heavy (non-hydrogen) atoms. The molecule has 0 aromatic carbocycles. The standard InChI is InChI=1S/C49H74O18/c1-26(50)63-34-35(67-42(62-25-33(52)58-10)49(56,57)41(55)61-13)37(64-27(2)51)39(66-36(34)38(53)59-11)65-32-17-18-45(7)30(44(32,5)6)16-19-47(9)31(45)15-14-28-29-24-43(3,4)20-22-48(29,40(54)60-12)23-21-46(28,47)8/h14,29-32,34-37,39,42,56-57H,15-25H2,1-13H3/t29-,30?,31+,32-,34-,35-,36-,37+,39+,42-,45-,46+,47+,48-/m0/s1. The highest BCUT2D eigenvalue weighted by Gasteiger charge is 2.70. The quantitative estimate of drug-likeness (QED) is 0.0824. The van der Waals surface area contributed by atoms with Crippen molar-refractivity contribution < 1.29 is 86.3 Å². The van der Waals surface area contributed by atoms with Gasteiger partial charge in [0.2, 0.25) is 6.29 Å². The normalized spacial score (nSPS) is 39.0.